The highest BCUT2D eigenvalue weighted by Crippen LogP contribution is 2.22. The maximum atomic E-state index is 9.59. The van der Waals surface area contributed by atoms with E-state index in [1.165, 1.54) is 0 Å². The van der Waals surface area contributed by atoms with Gasteiger partial charge in [0.15, 0.2) is 0 Å². The van der Waals surface area contributed by atoms with Crippen LogP contribution in [-0.2, 0) is 0 Å². The van der Waals surface area contributed by atoms with Crippen LogP contribution in [0.15, 0.2) is 0 Å². The first-order valence-electron chi connectivity index (χ1n) is 5.34. The largest absolute Gasteiger partial charge is 0.395 e. The molecule has 0 spiro atoms. The monoisotopic (exact) mass is 203 g/mol. The Labute approximate surface area is 87.7 Å². The minimum Gasteiger partial charge on any atom is -0.395 e. The second-order valence-electron chi connectivity index (χ2n) is 4.95. The summed E-state index contributed by atoms with van der Waals surface area (Å²) in [6, 6.07) is 0.403. The molecule has 0 fully saturated rings. The summed E-state index contributed by atoms with van der Waals surface area (Å²) in [7, 11) is 0. The Balaban J connectivity index is 4.28. The minimum atomic E-state index is -0.331. The molecule has 0 aliphatic rings. The molecule has 0 aromatic heterocycles. The fraction of sp³-hybridized carbons (Fsp3) is 1.00. The lowest BCUT2D eigenvalue weighted by atomic mass is 9.86. The maximum Gasteiger partial charge on any atom is 0.0575 e. The maximum absolute atomic E-state index is 9.59. The highest BCUT2D eigenvalue weighted by Gasteiger charge is 2.27. The first kappa shape index (κ1) is 13.9. The van der Waals surface area contributed by atoms with E-state index in [2.05, 4.69) is 18.7 Å². The van der Waals surface area contributed by atoms with Crippen LogP contribution in [0.25, 0.3) is 0 Å². The van der Waals surface area contributed by atoms with Crippen LogP contribution in [0.3, 0.4) is 0 Å². The van der Waals surface area contributed by atoms with Gasteiger partial charge in [-0.25, -0.2) is 0 Å². The predicted molar refractivity (Wildman–Crippen MR) is 59.3 cm³/mol. The smallest absolute Gasteiger partial charge is 0.0575 e. The number of hydrogen-bond donors (Lipinski definition) is 2. The van der Waals surface area contributed by atoms with E-state index >= 15 is 0 Å². The fourth-order valence-electron chi connectivity index (χ4n) is 1.30. The van der Waals surface area contributed by atoms with Crippen molar-refractivity contribution in [2.75, 3.05) is 19.7 Å². The molecule has 1 unspecified atom stereocenters. The van der Waals surface area contributed by atoms with E-state index in [-0.39, 0.29) is 18.1 Å². The Morgan fingerprint density at radius 1 is 1.21 bits per heavy atom. The van der Waals surface area contributed by atoms with Crippen molar-refractivity contribution in [3.05, 3.63) is 0 Å². The molecule has 0 amide bonds. The number of aliphatic hydroxyl groups excluding tert-OH is 2. The van der Waals surface area contributed by atoms with Crippen molar-refractivity contribution in [1.82, 2.24) is 4.90 Å². The van der Waals surface area contributed by atoms with Crippen molar-refractivity contribution >= 4 is 0 Å². The minimum absolute atomic E-state index is 0.126. The summed E-state index contributed by atoms with van der Waals surface area (Å²) >= 11 is 0. The Hall–Kier alpha value is -0.120. The summed E-state index contributed by atoms with van der Waals surface area (Å²) in [5.41, 5.74) is -0.126. The zero-order chi connectivity index (χ0) is 11.4. The molecule has 0 aromatic carbocycles. The average Bonchev–Trinajstić information content (AvgIpc) is 2.02. The first-order valence-corrected chi connectivity index (χ1v) is 5.34. The van der Waals surface area contributed by atoms with Crippen LogP contribution in [0.2, 0.25) is 0 Å². The van der Waals surface area contributed by atoms with Crippen molar-refractivity contribution in [3.63, 3.8) is 0 Å². The van der Waals surface area contributed by atoms with Gasteiger partial charge >= 0.3 is 0 Å². The van der Waals surface area contributed by atoms with Crippen LogP contribution in [0.1, 0.15) is 34.6 Å². The summed E-state index contributed by atoms with van der Waals surface area (Å²) in [5, 5.41) is 18.5. The van der Waals surface area contributed by atoms with E-state index in [1.807, 2.05) is 20.8 Å². The third-order valence-corrected chi connectivity index (χ3v) is 2.86. The average molecular weight is 203 g/mol. The number of rotatable bonds is 6. The van der Waals surface area contributed by atoms with Crippen molar-refractivity contribution < 1.29 is 10.2 Å². The lowest BCUT2D eigenvalue weighted by Gasteiger charge is -2.36. The summed E-state index contributed by atoms with van der Waals surface area (Å²) in [4.78, 5) is 2.19. The van der Waals surface area contributed by atoms with Crippen LogP contribution in [0.4, 0.5) is 0 Å². The molecule has 14 heavy (non-hydrogen) atoms. The van der Waals surface area contributed by atoms with Gasteiger partial charge in [-0.3, -0.25) is 4.90 Å². The van der Waals surface area contributed by atoms with Gasteiger partial charge < -0.3 is 10.2 Å². The summed E-state index contributed by atoms with van der Waals surface area (Å²) < 4.78 is 0. The third kappa shape index (κ3) is 4.40. The van der Waals surface area contributed by atoms with Crippen LogP contribution in [-0.4, -0.2) is 47.0 Å². The molecule has 3 nitrogen and oxygen atoms in total. The van der Waals surface area contributed by atoms with Gasteiger partial charge in [0.05, 0.1) is 12.7 Å². The number of nitrogens with zero attached hydrogens (tertiary/aromatic N) is 1. The lowest BCUT2D eigenvalue weighted by Crippen LogP contribution is -2.44. The highest BCUT2D eigenvalue weighted by molar-refractivity contribution is 4.80. The van der Waals surface area contributed by atoms with Gasteiger partial charge in [-0.15, -0.1) is 0 Å². The van der Waals surface area contributed by atoms with Crippen LogP contribution >= 0.6 is 0 Å². The summed E-state index contributed by atoms with van der Waals surface area (Å²) in [6.45, 7) is 11.8. The second kappa shape index (κ2) is 5.69. The van der Waals surface area contributed by atoms with Gasteiger partial charge in [0.25, 0.3) is 0 Å². The molecule has 0 aliphatic carbocycles. The topological polar surface area (TPSA) is 43.7 Å². The standard InChI is InChI=1S/C11H25NO2/c1-9(2)12(6-7-13)8-11(4,5)10(3)14/h9-10,13-14H,6-8H2,1-5H3. The first-order chi connectivity index (χ1) is 6.31. The van der Waals surface area contributed by atoms with Gasteiger partial charge in [-0.2, -0.15) is 0 Å². The molecule has 0 saturated heterocycles. The van der Waals surface area contributed by atoms with Gasteiger partial charge in [0.2, 0.25) is 0 Å². The molecule has 0 bridgehead atoms. The molecule has 0 saturated carbocycles. The Morgan fingerprint density at radius 3 is 2.00 bits per heavy atom. The number of hydrogen-bond acceptors (Lipinski definition) is 3. The quantitative estimate of drug-likeness (QED) is 0.679. The molecule has 2 N–H and O–H groups in total. The van der Waals surface area contributed by atoms with E-state index in [0.717, 1.165) is 6.54 Å². The van der Waals surface area contributed by atoms with E-state index in [0.29, 0.717) is 12.6 Å². The normalized spacial score (nSPS) is 15.2. The van der Waals surface area contributed by atoms with Crippen molar-refractivity contribution in [1.29, 1.82) is 0 Å². The van der Waals surface area contributed by atoms with Gasteiger partial charge in [-0.1, -0.05) is 13.8 Å². The highest BCUT2D eigenvalue weighted by atomic mass is 16.3. The Kier molecular flexibility index (Phi) is 5.64. The van der Waals surface area contributed by atoms with Crippen molar-refractivity contribution in [2.24, 2.45) is 5.41 Å². The van der Waals surface area contributed by atoms with E-state index in [9.17, 15) is 5.11 Å². The van der Waals surface area contributed by atoms with Gasteiger partial charge in [-0.05, 0) is 20.8 Å². The molecule has 0 heterocycles. The van der Waals surface area contributed by atoms with Crippen LogP contribution < -0.4 is 0 Å². The van der Waals surface area contributed by atoms with Crippen LogP contribution in [0.5, 0.6) is 0 Å². The molecular weight excluding hydrogens is 178 g/mol. The molecule has 86 valence electrons. The predicted octanol–water partition coefficient (Wildman–Crippen LogP) is 1.10. The molecule has 3 heteroatoms. The molecule has 1 atom stereocenters. The molecular formula is C11H25NO2. The SMILES string of the molecule is CC(C)N(CCO)CC(C)(C)C(C)O. The van der Waals surface area contributed by atoms with Crippen molar-refractivity contribution in [3.8, 4) is 0 Å². The van der Waals surface area contributed by atoms with Crippen LogP contribution in [0, 0.1) is 5.41 Å². The zero-order valence-corrected chi connectivity index (χ0v) is 10.1. The van der Waals surface area contributed by atoms with Crippen molar-refractivity contribution in [2.45, 2.75) is 46.8 Å². The van der Waals surface area contributed by atoms with Gasteiger partial charge in [0, 0.05) is 24.5 Å². The molecule has 0 radical (unpaired) electrons. The number of aliphatic hydroxyl groups is 2. The van der Waals surface area contributed by atoms with E-state index in [1.54, 1.807) is 0 Å². The molecule has 0 rings (SSSR count). The molecule has 0 aliphatic heterocycles. The second-order valence-corrected chi connectivity index (χ2v) is 4.95. The lowest BCUT2D eigenvalue weighted by molar-refractivity contribution is 0.0210. The summed E-state index contributed by atoms with van der Waals surface area (Å²) in [6.07, 6.45) is -0.331. The molecule has 0 aromatic rings. The zero-order valence-electron chi connectivity index (χ0n) is 10.1. The van der Waals surface area contributed by atoms with Gasteiger partial charge in [0.1, 0.15) is 0 Å². The Bertz CT molecular complexity index is 155. The van der Waals surface area contributed by atoms with E-state index in [4.69, 9.17) is 5.11 Å². The fourth-order valence-corrected chi connectivity index (χ4v) is 1.30. The Morgan fingerprint density at radius 2 is 1.71 bits per heavy atom. The summed E-state index contributed by atoms with van der Waals surface area (Å²) in [5.74, 6) is 0. The third-order valence-electron chi connectivity index (χ3n) is 2.86. The van der Waals surface area contributed by atoms with E-state index < -0.39 is 0 Å².